The summed E-state index contributed by atoms with van der Waals surface area (Å²) >= 11 is 0. The van der Waals surface area contributed by atoms with Crippen LogP contribution in [-0.2, 0) is 60.6 Å². The number of nitrogens with two attached hydrogens (primary N) is 1. The quantitative estimate of drug-likeness (QED) is 0.0102. The van der Waals surface area contributed by atoms with Crippen molar-refractivity contribution in [3.05, 3.63) is 215 Å². The number of nitrogens with one attached hydrogen (secondary N) is 1. The Bertz CT molecular complexity index is 4560. The number of alkyl halides is 9. The standard InChI is InChI=1S/C13H13F3N4O.C12H11F3N2O3.C10H12N2O2.C10H11NO3.C8H9NO2.C7H7NO.C6H5NO2.C4H5F3O2.C4H8O2.C2H6O.CH6N2.2CH3O.3CH4.Cl2OS.2Na/c1-19(2)12(21)9-6-4-5-8(17-9)10-7-11(13(14,15)16)18-20(10)3;1-17(2)11(20)8-5-3-4-7(16-8)9(18)6-10(19)12(13,14)15;1-7(13)8-5-4-6-9(11-8)10(14)12(2)3;1-2-14-10(13)7-9(12)8-5-3-4-6-11-8;1-2-11-8(10)7-5-3-4-6-9-7;1-6(9)7-4-2-3-5-8-7;8-6(9)5-3-1-2-4-7-5;1-2-9-3(8)4(5,6)7;1-3-6-4(2)5;1-2-3;1-3-2;2*1-2;;;;1-4(2)3;;/h4-7H,1-3H3;3-5H,6H2,1-2H3;4-6H,1-3H3;3-6H,2,7H2,1H3;3-6H,2H2,1H3;2-5H,1H3;1-4H,(H,8,9);2H2,1H3;3H2,1-2H3;2*3H,2H2,1H3;2*1H3;3*1H4;;;/q;;;;;;;;;;;2*-1;;;;;2*+1. The third-order valence-corrected chi connectivity index (χ3v) is 12.3. The molecule has 0 aliphatic heterocycles. The van der Waals surface area contributed by atoms with Crippen LogP contribution in [0.3, 0.4) is 0 Å². The minimum atomic E-state index is -5.06. The second-order valence-electron chi connectivity index (χ2n) is 22.7. The number of aliphatic hydroxyl groups excluding tert-OH is 1. The molecule has 0 saturated heterocycles. The molecule has 50 heteroatoms. The summed E-state index contributed by atoms with van der Waals surface area (Å²) in [5, 5.41) is 35.8. The summed E-state index contributed by atoms with van der Waals surface area (Å²) < 4.78 is 135. The average molecular weight is 1960 g/mol. The molecule has 8 heterocycles. The summed E-state index contributed by atoms with van der Waals surface area (Å²) in [5.74, 6) is -4.31. The van der Waals surface area contributed by atoms with Crippen molar-refractivity contribution in [2.24, 2.45) is 12.9 Å². The molecule has 0 saturated carbocycles. The van der Waals surface area contributed by atoms with Gasteiger partial charge in [0.2, 0.25) is 15.0 Å². The van der Waals surface area contributed by atoms with Crippen LogP contribution in [0.15, 0.2) is 158 Å². The average Bonchev–Trinajstić information content (AvgIpc) is 1.66. The van der Waals surface area contributed by atoms with E-state index in [1.54, 1.807) is 166 Å². The first-order valence-corrected chi connectivity index (χ1v) is 38.6. The number of aromatic carboxylic acids is 1. The Morgan fingerprint density at radius 1 is 0.477 bits per heavy atom. The van der Waals surface area contributed by atoms with Gasteiger partial charge in [-0.3, -0.25) is 73.9 Å². The SMILES string of the molecule is C.C.C.CC(=O)c1cccc(C(=O)N(C)C)n1.CC(=O)c1ccccn1.CCO.CCOC(=O)C(F)(F)F.CCOC(=O)CC(=O)c1ccccn1.CCOC(=O)c1ccccn1.CCOC(C)=O.CN(C)C(=O)c1cccc(-c2cc(C(F)(F)F)nn2C)n1.CN(C)C(=O)c1cccc(C(=O)CC(=O)C(F)(F)F)n1.CNN.C[O-].C[O-].O=C(O)c1ccccn1.O=S(Cl)Cl.[Na+].[Na+]. The van der Waals surface area contributed by atoms with Crippen molar-refractivity contribution < 1.29 is 205 Å². The van der Waals surface area contributed by atoms with Crippen molar-refractivity contribution in [1.29, 1.82) is 0 Å². The monoisotopic (exact) mass is 1960 g/mol. The van der Waals surface area contributed by atoms with Gasteiger partial charge < -0.3 is 54.1 Å². The Kier molecular flexibility index (Phi) is 91.1. The molecule has 0 bridgehead atoms. The number of esters is 4. The van der Waals surface area contributed by atoms with Gasteiger partial charge in [-0.1, -0.05) is 64.7 Å². The van der Waals surface area contributed by atoms with E-state index in [0.29, 0.717) is 41.7 Å². The Balaban J connectivity index is -0.000000138. The smallest absolute Gasteiger partial charge is 0.857 e. The van der Waals surface area contributed by atoms with Gasteiger partial charge in [-0.25, -0.2) is 43.5 Å². The van der Waals surface area contributed by atoms with Crippen LogP contribution in [0.4, 0.5) is 39.5 Å². The first-order valence-electron chi connectivity index (χ1n) is 35.8. The number of pyridine rings is 7. The number of hydrogen-bond donors (Lipinski definition) is 4. The molecule has 132 heavy (non-hydrogen) atoms. The van der Waals surface area contributed by atoms with Gasteiger partial charge in [0.15, 0.2) is 28.8 Å². The van der Waals surface area contributed by atoms with E-state index in [1.165, 1.54) is 106 Å². The number of aromatic nitrogens is 9. The van der Waals surface area contributed by atoms with Gasteiger partial charge in [-0.15, -0.1) is 0 Å². The van der Waals surface area contributed by atoms with Crippen molar-refractivity contribution in [3.63, 3.8) is 0 Å². The number of aliphatic hydroxyl groups is 1. The van der Waals surface area contributed by atoms with Gasteiger partial charge in [0, 0.05) is 123 Å². The molecule has 8 aromatic heterocycles. The molecule has 726 valence electrons. The van der Waals surface area contributed by atoms with E-state index in [1.807, 2.05) is 0 Å². The maximum absolute atomic E-state index is 12.7. The van der Waals surface area contributed by atoms with Gasteiger partial charge >= 0.3 is 107 Å². The Morgan fingerprint density at radius 2 is 0.795 bits per heavy atom. The van der Waals surface area contributed by atoms with E-state index in [-0.39, 0.29) is 183 Å². The number of aryl methyl sites for hydroxylation is 1. The number of carboxylic acid groups (broad SMARTS) is 1. The molecular formula is C82H111Cl2F9N14Na2O22S. The minimum Gasteiger partial charge on any atom is -0.857 e. The molecule has 0 aliphatic carbocycles. The number of nitrogens with zero attached hydrogens (tertiary/aromatic N) is 12. The topological polar surface area (TPSA) is 518 Å². The predicted octanol–water partition coefficient (Wildman–Crippen LogP) is 4.89. The number of carbonyl (C=O) groups excluding carboxylic acids is 12. The second-order valence-corrected chi connectivity index (χ2v) is 25.2. The molecule has 0 fully saturated rings. The fraction of sp³-hybridized carbons (Fsp3) is 0.378. The number of amides is 3. The maximum atomic E-state index is 12.7. The number of halogens is 11. The van der Waals surface area contributed by atoms with Crippen LogP contribution in [-0.4, -0.2) is 259 Å². The molecule has 3 amide bonds. The van der Waals surface area contributed by atoms with Crippen LogP contribution in [0, 0.1) is 0 Å². The number of hydrogen-bond acceptors (Lipinski definition) is 31. The van der Waals surface area contributed by atoms with Gasteiger partial charge in [-0.2, -0.15) is 58.8 Å². The number of hydrazine groups is 1. The van der Waals surface area contributed by atoms with Crippen LogP contribution in [0.1, 0.15) is 191 Å². The first kappa shape index (κ1) is 144. The van der Waals surface area contributed by atoms with E-state index in [4.69, 9.17) is 29.4 Å². The van der Waals surface area contributed by atoms with Crippen LogP contribution in [0.5, 0.6) is 0 Å². The molecule has 0 unspecified atom stereocenters. The number of carbonyl (C=O) groups is 13. The zero-order chi connectivity index (χ0) is 99.3. The molecule has 0 aliphatic rings. The molecule has 8 aromatic rings. The fourth-order valence-corrected chi connectivity index (χ4v) is 7.15. The van der Waals surface area contributed by atoms with Crippen LogP contribution >= 0.6 is 21.4 Å². The third kappa shape index (κ3) is 71.0. The molecule has 5 N–H and O–H groups in total. The molecule has 0 aromatic carbocycles. The van der Waals surface area contributed by atoms with Crippen LogP contribution in [0.25, 0.3) is 11.4 Å². The van der Waals surface area contributed by atoms with Crippen molar-refractivity contribution >= 4 is 107 Å². The van der Waals surface area contributed by atoms with Gasteiger partial charge in [-0.05, 0) is 133 Å². The molecule has 0 radical (unpaired) electrons. The van der Waals surface area contributed by atoms with Crippen LogP contribution < -0.4 is 80.6 Å². The van der Waals surface area contributed by atoms with Crippen molar-refractivity contribution in [2.45, 2.75) is 109 Å². The Morgan fingerprint density at radius 3 is 1.08 bits per heavy atom. The maximum Gasteiger partial charge on any atom is 1.00 e. The third-order valence-electron chi connectivity index (χ3n) is 12.3. The Labute approximate surface area is 815 Å². The summed E-state index contributed by atoms with van der Waals surface area (Å²) in [4.78, 5) is 172. The fourth-order valence-electron chi connectivity index (χ4n) is 7.15. The van der Waals surface area contributed by atoms with E-state index in [9.17, 15) is 102 Å². The summed E-state index contributed by atoms with van der Waals surface area (Å²) in [6.45, 7) is 13.7. The van der Waals surface area contributed by atoms with Gasteiger partial charge in [0.25, 0.3) is 17.7 Å². The predicted molar refractivity (Wildman–Crippen MR) is 462 cm³/mol. The number of rotatable bonds is 18. The number of ether oxygens (including phenoxy) is 4. The molecule has 0 atom stereocenters. The van der Waals surface area contributed by atoms with E-state index >= 15 is 0 Å². The summed E-state index contributed by atoms with van der Waals surface area (Å²) in [5.41, 5.74) is 3.29. The van der Waals surface area contributed by atoms with Crippen molar-refractivity contribution in [3.8, 4) is 11.4 Å². The largest absolute Gasteiger partial charge is 1.00 e. The van der Waals surface area contributed by atoms with Gasteiger partial charge in [0.1, 0.15) is 57.7 Å². The normalized spacial score (nSPS) is 9.26. The van der Waals surface area contributed by atoms with E-state index < -0.39 is 75.3 Å². The first-order chi connectivity index (χ1) is 59.3. The van der Waals surface area contributed by atoms with E-state index in [2.05, 4.69) is 86.8 Å². The van der Waals surface area contributed by atoms with Crippen molar-refractivity contribution in [1.82, 2.24) is 64.8 Å². The number of carboxylic acids is 1. The summed E-state index contributed by atoms with van der Waals surface area (Å²) in [7, 11) is 21.3. The number of Topliss-reactive ketones (excluding diaryl/α,β-unsaturated/α-hetero) is 5. The molecular weight excluding hydrogens is 1850 g/mol. The molecule has 8 rings (SSSR count). The van der Waals surface area contributed by atoms with Crippen molar-refractivity contribution in [2.75, 3.05) is 96.6 Å². The zero-order valence-corrected chi connectivity index (χ0v) is 80.4. The second kappa shape index (κ2) is 83.4. The number of ketones is 5. The van der Waals surface area contributed by atoms with Crippen LogP contribution in [0.2, 0.25) is 0 Å². The Hall–Kier alpha value is -10.7. The molecule has 0 spiro atoms. The zero-order valence-electron chi connectivity index (χ0n) is 74.0. The molecule has 36 nitrogen and oxygen atoms in total. The summed E-state index contributed by atoms with van der Waals surface area (Å²) in [6.07, 6.45) is -9.87. The van der Waals surface area contributed by atoms with E-state index in [0.717, 1.165) is 31.0 Å². The van der Waals surface area contributed by atoms with Gasteiger partial charge in [0.05, 0.1) is 44.2 Å². The minimum absolute atomic E-state index is 0. The summed E-state index contributed by atoms with van der Waals surface area (Å²) in [6, 6.07) is 34.3.